The summed E-state index contributed by atoms with van der Waals surface area (Å²) in [6.45, 7) is 4.11. The molecule has 0 N–H and O–H groups in total. The molecule has 110 valence electrons. The van der Waals surface area contributed by atoms with Crippen LogP contribution in [0.5, 0.6) is 11.5 Å². The van der Waals surface area contributed by atoms with Crippen molar-refractivity contribution >= 4 is 0 Å². The summed E-state index contributed by atoms with van der Waals surface area (Å²) in [6.07, 6.45) is 0.580. The minimum absolute atomic E-state index is 0.276. The molecule has 0 bridgehead atoms. The Kier molecular flexibility index (Phi) is 4.83. The van der Waals surface area contributed by atoms with E-state index >= 15 is 0 Å². The Labute approximate surface area is 124 Å². The third-order valence-corrected chi connectivity index (χ3v) is 3.31. The topological polar surface area (TPSA) is 68.3 Å². The number of rotatable bonds is 6. The van der Waals surface area contributed by atoms with Gasteiger partial charge in [-0.05, 0) is 26.0 Å². The molecule has 0 saturated heterocycles. The third-order valence-electron chi connectivity index (χ3n) is 3.31. The first-order chi connectivity index (χ1) is 10.2. The SMILES string of the molecule is COc1cccc(OCCC(C#N)c2c(C)noc2C)c1. The molecule has 0 aliphatic rings. The molecule has 0 saturated carbocycles. The second-order valence-electron chi connectivity index (χ2n) is 4.74. The first-order valence-corrected chi connectivity index (χ1v) is 6.75. The van der Waals surface area contributed by atoms with E-state index in [1.54, 1.807) is 7.11 Å². The van der Waals surface area contributed by atoms with Gasteiger partial charge in [-0.2, -0.15) is 5.26 Å². The summed E-state index contributed by atoms with van der Waals surface area (Å²) in [6, 6.07) is 9.69. The van der Waals surface area contributed by atoms with Crippen molar-refractivity contribution in [3.63, 3.8) is 0 Å². The fraction of sp³-hybridized carbons (Fsp3) is 0.375. The number of nitrogens with zero attached hydrogens (tertiary/aromatic N) is 2. The van der Waals surface area contributed by atoms with E-state index in [2.05, 4.69) is 11.2 Å². The highest BCUT2D eigenvalue weighted by Gasteiger charge is 2.20. The van der Waals surface area contributed by atoms with Crippen LogP contribution >= 0.6 is 0 Å². The van der Waals surface area contributed by atoms with Crippen LogP contribution < -0.4 is 9.47 Å². The van der Waals surface area contributed by atoms with Crippen LogP contribution in [0.1, 0.15) is 29.4 Å². The summed E-state index contributed by atoms with van der Waals surface area (Å²) in [5, 5.41) is 13.2. The lowest BCUT2D eigenvalue weighted by atomic mass is 9.96. The summed E-state index contributed by atoms with van der Waals surface area (Å²) in [7, 11) is 1.61. The van der Waals surface area contributed by atoms with Gasteiger partial charge in [-0.15, -0.1) is 0 Å². The number of benzene rings is 1. The summed E-state index contributed by atoms with van der Waals surface area (Å²) < 4.78 is 15.9. The van der Waals surface area contributed by atoms with E-state index < -0.39 is 0 Å². The minimum Gasteiger partial charge on any atom is -0.497 e. The molecule has 1 unspecified atom stereocenters. The lowest BCUT2D eigenvalue weighted by molar-refractivity contribution is 0.303. The van der Waals surface area contributed by atoms with Crippen molar-refractivity contribution < 1.29 is 14.0 Å². The molecule has 1 atom stereocenters. The van der Waals surface area contributed by atoms with Crippen molar-refractivity contribution in [2.75, 3.05) is 13.7 Å². The van der Waals surface area contributed by atoms with Gasteiger partial charge in [0, 0.05) is 18.1 Å². The highest BCUT2D eigenvalue weighted by molar-refractivity contribution is 5.33. The van der Waals surface area contributed by atoms with E-state index in [0.717, 1.165) is 22.8 Å². The lowest BCUT2D eigenvalue weighted by Crippen LogP contribution is -2.06. The number of ether oxygens (including phenoxy) is 2. The van der Waals surface area contributed by atoms with Crippen molar-refractivity contribution in [3.05, 3.63) is 41.3 Å². The number of methoxy groups -OCH3 is 1. The maximum absolute atomic E-state index is 9.33. The Morgan fingerprint density at radius 1 is 1.33 bits per heavy atom. The number of hydrogen-bond acceptors (Lipinski definition) is 5. The molecule has 2 rings (SSSR count). The number of hydrogen-bond donors (Lipinski definition) is 0. The van der Waals surface area contributed by atoms with Gasteiger partial charge in [0.25, 0.3) is 0 Å². The zero-order chi connectivity index (χ0) is 15.2. The van der Waals surface area contributed by atoms with Crippen LogP contribution in [0.15, 0.2) is 28.8 Å². The van der Waals surface area contributed by atoms with E-state index in [1.165, 1.54) is 0 Å². The van der Waals surface area contributed by atoms with Gasteiger partial charge >= 0.3 is 0 Å². The van der Waals surface area contributed by atoms with Crippen molar-refractivity contribution in [1.82, 2.24) is 5.16 Å². The fourth-order valence-corrected chi connectivity index (χ4v) is 2.25. The van der Waals surface area contributed by atoms with Gasteiger partial charge in [-0.1, -0.05) is 11.2 Å². The average molecular weight is 286 g/mol. The Balaban J connectivity index is 1.97. The summed E-state index contributed by atoms with van der Waals surface area (Å²) in [4.78, 5) is 0. The maximum atomic E-state index is 9.33. The van der Waals surface area contributed by atoms with E-state index in [0.29, 0.717) is 18.8 Å². The predicted octanol–water partition coefficient (Wildman–Crippen LogP) is 3.38. The molecule has 1 aromatic carbocycles. The second kappa shape index (κ2) is 6.80. The molecule has 0 spiro atoms. The molecule has 5 heteroatoms. The van der Waals surface area contributed by atoms with Gasteiger partial charge < -0.3 is 14.0 Å². The van der Waals surface area contributed by atoms with E-state index in [9.17, 15) is 5.26 Å². The molecular formula is C16H18N2O3. The predicted molar refractivity (Wildman–Crippen MR) is 77.4 cm³/mol. The molecule has 0 fully saturated rings. The molecule has 0 amide bonds. The smallest absolute Gasteiger partial charge is 0.138 e. The largest absolute Gasteiger partial charge is 0.497 e. The number of nitriles is 1. The average Bonchev–Trinajstić information content (AvgIpc) is 2.83. The minimum atomic E-state index is -0.276. The molecule has 0 aliphatic carbocycles. The first-order valence-electron chi connectivity index (χ1n) is 6.75. The van der Waals surface area contributed by atoms with Crippen LogP contribution in [-0.2, 0) is 0 Å². The van der Waals surface area contributed by atoms with Crippen LogP contribution in [0.25, 0.3) is 0 Å². The summed E-state index contributed by atoms with van der Waals surface area (Å²) in [5.41, 5.74) is 1.63. The Morgan fingerprint density at radius 3 is 2.71 bits per heavy atom. The summed E-state index contributed by atoms with van der Waals surface area (Å²) in [5.74, 6) is 1.89. The molecule has 1 heterocycles. The molecular weight excluding hydrogens is 268 g/mol. The van der Waals surface area contributed by atoms with Crippen LogP contribution in [0.3, 0.4) is 0 Å². The second-order valence-corrected chi connectivity index (χ2v) is 4.74. The number of aryl methyl sites for hydroxylation is 2. The molecule has 5 nitrogen and oxygen atoms in total. The third kappa shape index (κ3) is 3.54. The van der Waals surface area contributed by atoms with Gasteiger partial charge in [0.1, 0.15) is 17.3 Å². The van der Waals surface area contributed by atoms with Crippen LogP contribution in [-0.4, -0.2) is 18.9 Å². The summed E-state index contributed by atoms with van der Waals surface area (Å²) >= 11 is 0. The normalized spacial score (nSPS) is 11.7. The van der Waals surface area contributed by atoms with Gasteiger partial charge in [-0.25, -0.2) is 0 Å². The molecule has 0 radical (unpaired) electrons. The Bertz CT molecular complexity index is 624. The van der Waals surface area contributed by atoms with Crippen LogP contribution in [0, 0.1) is 25.2 Å². The standard InChI is InChI=1S/C16H18N2O3/c1-11-16(12(2)21-18-11)13(10-17)7-8-20-15-6-4-5-14(9-15)19-3/h4-6,9,13H,7-8H2,1-3H3. The van der Waals surface area contributed by atoms with Crippen molar-refractivity contribution in [3.8, 4) is 17.6 Å². The Hall–Kier alpha value is -2.48. The van der Waals surface area contributed by atoms with Crippen molar-refractivity contribution in [2.24, 2.45) is 0 Å². The van der Waals surface area contributed by atoms with Gasteiger partial charge in [0.2, 0.25) is 0 Å². The quantitative estimate of drug-likeness (QED) is 0.814. The monoisotopic (exact) mass is 286 g/mol. The van der Waals surface area contributed by atoms with Gasteiger partial charge in [0.05, 0.1) is 31.4 Å². The molecule has 2 aromatic rings. The first kappa shape index (κ1) is 14.9. The molecule has 1 aromatic heterocycles. The lowest BCUT2D eigenvalue weighted by Gasteiger charge is -2.11. The van der Waals surface area contributed by atoms with Crippen LogP contribution in [0.4, 0.5) is 0 Å². The highest BCUT2D eigenvalue weighted by Crippen LogP contribution is 2.26. The zero-order valence-corrected chi connectivity index (χ0v) is 12.4. The van der Waals surface area contributed by atoms with E-state index in [-0.39, 0.29) is 5.92 Å². The zero-order valence-electron chi connectivity index (χ0n) is 12.4. The van der Waals surface area contributed by atoms with Crippen LogP contribution in [0.2, 0.25) is 0 Å². The van der Waals surface area contributed by atoms with Gasteiger partial charge in [0.15, 0.2) is 0 Å². The van der Waals surface area contributed by atoms with Gasteiger partial charge in [-0.3, -0.25) is 0 Å². The van der Waals surface area contributed by atoms with Crippen molar-refractivity contribution in [1.29, 1.82) is 5.26 Å². The van der Waals surface area contributed by atoms with Crippen molar-refractivity contribution in [2.45, 2.75) is 26.2 Å². The Morgan fingerprint density at radius 2 is 2.10 bits per heavy atom. The van der Waals surface area contributed by atoms with E-state index in [4.69, 9.17) is 14.0 Å². The number of aromatic nitrogens is 1. The molecule has 21 heavy (non-hydrogen) atoms. The van der Waals surface area contributed by atoms with E-state index in [1.807, 2.05) is 38.1 Å². The highest BCUT2D eigenvalue weighted by atomic mass is 16.5. The molecule has 0 aliphatic heterocycles. The fourth-order valence-electron chi connectivity index (χ4n) is 2.25. The maximum Gasteiger partial charge on any atom is 0.138 e.